The minimum absolute atomic E-state index is 0.239. The lowest BCUT2D eigenvalue weighted by Gasteiger charge is -2.29. The first kappa shape index (κ1) is 28.3. The van der Waals surface area contributed by atoms with Gasteiger partial charge in [0, 0.05) is 31.5 Å². The Balaban J connectivity index is 1.55. The molecular formula is C29H30Cl2N2O4S. The molecule has 3 aromatic carbocycles. The van der Waals surface area contributed by atoms with Crippen molar-refractivity contribution >= 4 is 52.5 Å². The van der Waals surface area contributed by atoms with Crippen molar-refractivity contribution in [1.82, 2.24) is 4.90 Å². The summed E-state index contributed by atoms with van der Waals surface area (Å²) in [4.78, 5) is 30.9. The summed E-state index contributed by atoms with van der Waals surface area (Å²) in [6, 6.07) is 21.0. The van der Waals surface area contributed by atoms with E-state index in [0.717, 1.165) is 34.7 Å². The Morgan fingerprint density at radius 1 is 1.03 bits per heavy atom. The Morgan fingerprint density at radius 3 is 2.45 bits per heavy atom. The van der Waals surface area contributed by atoms with E-state index in [2.05, 4.69) is 4.90 Å². The van der Waals surface area contributed by atoms with Gasteiger partial charge in [0.2, 0.25) is 0 Å². The van der Waals surface area contributed by atoms with Crippen molar-refractivity contribution in [3.63, 3.8) is 0 Å². The average Bonchev–Trinajstić information content (AvgIpc) is 3.02. The number of amides is 1. The summed E-state index contributed by atoms with van der Waals surface area (Å²) in [7, 11) is 3.63. The molecule has 0 aliphatic carbocycles. The number of nitrogens with zero attached hydrogens (tertiary/aromatic N) is 2. The maximum absolute atomic E-state index is 14.0. The highest BCUT2D eigenvalue weighted by Crippen LogP contribution is 2.46. The summed E-state index contributed by atoms with van der Waals surface area (Å²) in [6.45, 7) is 3.19. The Hall–Kier alpha value is -2.71. The topological polar surface area (TPSA) is 59.1 Å². The van der Waals surface area contributed by atoms with Gasteiger partial charge in [-0.25, -0.2) is 0 Å². The second-order valence-corrected chi connectivity index (χ2v) is 11.1. The van der Waals surface area contributed by atoms with Crippen LogP contribution in [-0.4, -0.2) is 56.7 Å². The lowest BCUT2D eigenvalue weighted by molar-refractivity contribution is -0.152. The van der Waals surface area contributed by atoms with Crippen LogP contribution in [-0.2, 0) is 20.7 Å². The summed E-state index contributed by atoms with van der Waals surface area (Å²) in [5, 5.41) is 0.671. The normalized spacial score (nSPS) is 17.2. The number of thioether (sulfide) groups is 1. The monoisotopic (exact) mass is 572 g/mol. The van der Waals surface area contributed by atoms with Crippen molar-refractivity contribution < 1.29 is 19.1 Å². The number of esters is 1. The number of hydrogen-bond acceptors (Lipinski definition) is 6. The molecule has 200 valence electrons. The largest absolute Gasteiger partial charge is 0.497 e. The van der Waals surface area contributed by atoms with Crippen LogP contribution in [0.4, 0.5) is 5.69 Å². The standard InChI is InChI=1S/C29H30Cl2N2O4S/c1-19(34)37-27-28(21-9-11-22(36-3)12-10-21)38-26-7-5-4-6-25(26)33(29(27)35)17-16-32(2)15-14-20-8-13-23(30)24(31)18-20/h4-13,18,27-28H,14-17H2,1-3H3. The van der Waals surface area contributed by atoms with Gasteiger partial charge in [0.25, 0.3) is 5.91 Å². The molecule has 0 aromatic heterocycles. The van der Waals surface area contributed by atoms with Crippen LogP contribution in [0.5, 0.6) is 5.75 Å². The summed E-state index contributed by atoms with van der Waals surface area (Å²) in [6.07, 6.45) is -0.177. The summed E-state index contributed by atoms with van der Waals surface area (Å²) in [5.41, 5.74) is 2.79. The number of methoxy groups -OCH3 is 1. The Bertz CT molecular complexity index is 1290. The molecule has 1 aliphatic heterocycles. The molecule has 0 N–H and O–H groups in total. The van der Waals surface area contributed by atoms with Gasteiger partial charge in [0.1, 0.15) is 5.75 Å². The predicted molar refractivity (Wildman–Crippen MR) is 154 cm³/mol. The molecule has 2 unspecified atom stereocenters. The lowest BCUT2D eigenvalue weighted by Crippen LogP contribution is -2.45. The summed E-state index contributed by atoms with van der Waals surface area (Å²) >= 11 is 13.7. The van der Waals surface area contributed by atoms with E-state index in [1.165, 1.54) is 18.7 Å². The molecule has 0 fully saturated rings. The Labute approximate surface area is 237 Å². The molecule has 3 aromatic rings. The minimum atomic E-state index is -0.972. The SMILES string of the molecule is COc1ccc(C2Sc3ccccc3N(CCN(C)CCc3ccc(Cl)c(Cl)c3)C(=O)C2OC(C)=O)cc1. The fourth-order valence-corrected chi connectivity index (χ4v) is 5.98. The maximum Gasteiger partial charge on any atom is 0.303 e. The minimum Gasteiger partial charge on any atom is -0.497 e. The number of ether oxygens (including phenoxy) is 2. The van der Waals surface area contributed by atoms with Crippen molar-refractivity contribution in [1.29, 1.82) is 0 Å². The van der Waals surface area contributed by atoms with Gasteiger partial charge in [-0.1, -0.05) is 53.5 Å². The average molecular weight is 574 g/mol. The van der Waals surface area contributed by atoms with Crippen LogP contribution in [0.15, 0.2) is 71.6 Å². The number of likely N-dealkylation sites (N-methyl/N-ethyl adjacent to an activating group) is 1. The quantitative estimate of drug-likeness (QED) is 0.281. The Kier molecular flexibility index (Phi) is 9.60. The van der Waals surface area contributed by atoms with E-state index in [4.69, 9.17) is 32.7 Å². The molecule has 38 heavy (non-hydrogen) atoms. The van der Waals surface area contributed by atoms with E-state index in [0.29, 0.717) is 28.9 Å². The van der Waals surface area contributed by atoms with Crippen molar-refractivity contribution in [3.8, 4) is 5.75 Å². The molecule has 1 amide bonds. The Morgan fingerprint density at radius 2 is 1.76 bits per heavy atom. The lowest BCUT2D eigenvalue weighted by atomic mass is 10.1. The highest BCUT2D eigenvalue weighted by molar-refractivity contribution is 7.99. The second-order valence-electron chi connectivity index (χ2n) is 9.10. The molecule has 0 bridgehead atoms. The van der Waals surface area contributed by atoms with Gasteiger partial charge >= 0.3 is 5.97 Å². The molecule has 4 rings (SSSR count). The van der Waals surface area contributed by atoms with E-state index >= 15 is 0 Å². The van der Waals surface area contributed by atoms with Crippen molar-refractivity contribution in [2.24, 2.45) is 0 Å². The number of carbonyl (C=O) groups excluding carboxylic acids is 2. The number of hydrogen-bond donors (Lipinski definition) is 0. The van der Waals surface area contributed by atoms with E-state index in [1.54, 1.807) is 18.1 Å². The third-order valence-electron chi connectivity index (χ3n) is 6.40. The van der Waals surface area contributed by atoms with E-state index in [1.807, 2.05) is 67.7 Å². The maximum atomic E-state index is 14.0. The van der Waals surface area contributed by atoms with Crippen molar-refractivity contribution in [2.75, 3.05) is 38.7 Å². The van der Waals surface area contributed by atoms with Gasteiger partial charge < -0.3 is 19.3 Å². The van der Waals surface area contributed by atoms with Crippen molar-refractivity contribution in [3.05, 3.63) is 87.9 Å². The van der Waals surface area contributed by atoms with Crippen LogP contribution in [0.3, 0.4) is 0 Å². The molecule has 1 heterocycles. The molecule has 0 radical (unpaired) electrons. The van der Waals surface area contributed by atoms with Crippen LogP contribution in [0, 0.1) is 0 Å². The van der Waals surface area contributed by atoms with Gasteiger partial charge in [-0.2, -0.15) is 0 Å². The molecule has 0 spiro atoms. The van der Waals surface area contributed by atoms with Gasteiger partial charge in [0.15, 0.2) is 6.10 Å². The van der Waals surface area contributed by atoms with E-state index in [9.17, 15) is 9.59 Å². The smallest absolute Gasteiger partial charge is 0.303 e. The van der Waals surface area contributed by atoms with E-state index < -0.39 is 17.3 Å². The third kappa shape index (κ3) is 6.83. The fourth-order valence-electron chi connectivity index (χ4n) is 4.34. The van der Waals surface area contributed by atoms with Gasteiger partial charge in [-0.15, -0.1) is 11.8 Å². The van der Waals surface area contributed by atoms with Crippen LogP contribution >= 0.6 is 35.0 Å². The number of fused-ring (bicyclic) bond motifs is 1. The number of benzene rings is 3. The number of para-hydroxylation sites is 1. The zero-order valence-electron chi connectivity index (χ0n) is 21.5. The fraction of sp³-hybridized carbons (Fsp3) is 0.310. The molecular weight excluding hydrogens is 543 g/mol. The molecule has 6 nitrogen and oxygen atoms in total. The zero-order chi connectivity index (χ0) is 27.2. The van der Waals surface area contributed by atoms with Gasteiger partial charge in [0.05, 0.1) is 28.1 Å². The first-order valence-electron chi connectivity index (χ1n) is 12.3. The zero-order valence-corrected chi connectivity index (χ0v) is 23.9. The number of carbonyl (C=O) groups is 2. The van der Waals surface area contributed by atoms with Crippen LogP contribution in [0.25, 0.3) is 0 Å². The number of halogens is 2. The summed E-state index contributed by atoms with van der Waals surface area (Å²) < 4.78 is 11.0. The molecule has 2 atom stereocenters. The number of rotatable bonds is 9. The highest BCUT2D eigenvalue weighted by atomic mass is 35.5. The van der Waals surface area contributed by atoms with Gasteiger partial charge in [-0.3, -0.25) is 9.59 Å². The first-order valence-corrected chi connectivity index (χ1v) is 13.9. The van der Waals surface area contributed by atoms with Crippen LogP contribution < -0.4 is 9.64 Å². The molecule has 0 saturated heterocycles. The third-order valence-corrected chi connectivity index (χ3v) is 8.51. The van der Waals surface area contributed by atoms with Crippen LogP contribution in [0.2, 0.25) is 10.0 Å². The highest BCUT2D eigenvalue weighted by Gasteiger charge is 2.40. The molecule has 0 saturated carbocycles. The van der Waals surface area contributed by atoms with Crippen LogP contribution in [0.1, 0.15) is 23.3 Å². The predicted octanol–water partition coefficient (Wildman–Crippen LogP) is 6.29. The second kappa shape index (κ2) is 12.9. The van der Waals surface area contributed by atoms with Crippen molar-refractivity contribution in [2.45, 2.75) is 29.6 Å². The molecule has 1 aliphatic rings. The van der Waals surface area contributed by atoms with E-state index in [-0.39, 0.29) is 5.91 Å². The number of anilines is 1. The van der Waals surface area contributed by atoms with Gasteiger partial charge in [-0.05, 0) is 61.0 Å². The molecule has 9 heteroatoms. The summed E-state index contributed by atoms with van der Waals surface area (Å²) in [5.74, 6) is -0.0165. The first-order chi connectivity index (χ1) is 18.3.